The van der Waals surface area contributed by atoms with Gasteiger partial charge in [0.25, 0.3) is 5.91 Å². The molecule has 0 spiro atoms. The number of halogens is 1. The van der Waals surface area contributed by atoms with Crippen LogP contribution < -0.4 is 10.1 Å². The summed E-state index contributed by atoms with van der Waals surface area (Å²) < 4.78 is 23.4. The Balaban J connectivity index is 1.67. The number of nitrogens with zero attached hydrogens (tertiary/aromatic N) is 2. The molecule has 1 saturated heterocycles. The van der Waals surface area contributed by atoms with E-state index in [0.717, 1.165) is 29.0 Å². The summed E-state index contributed by atoms with van der Waals surface area (Å²) in [5, 5.41) is 10.7. The van der Waals surface area contributed by atoms with Gasteiger partial charge in [-0.15, -0.1) is 5.10 Å². The maximum absolute atomic E-state index is 13.3. The van der Waals surface area contributed by atoms with E-state index in [1.807, 2.05) is 24.3 Å². The smallest absolute Gasteiger partial charge is 0.331 e. The quantitative estimate of drug-likeness (QED) is 0.340. The van der Waals surface area contributed by atoms with Crippen LogP contribution in [0.1, 0.15) is 11.1 Å². The van der Waals surface area contributed by atoms with Crippen molar-refractivity contribution in [1.82, 2.24) is 5.32 Å². The van der Waals surface area contributed by atoms with Gasteiger partial charge in [-0.3, -0.25) is 10.1 Å². The molecule has 148 valence electrons. The number of hydrogen-bond donors (Lipinski definition) is 1. The van der Waals surface area contributed by atoms with Crippen molar-refractivity contribution in [2.75, 3.05) is 7.11 Å². The molecular formula is C20H16FN3O4S. The second kappa shape index (κ2) is 9.65. The highest BCUT2D eigenvalue weighted by atomic mass is 32.2. The van der Waals surface area contributed by atoms with Gasteiger partial charge in [-0.2, -0.15) is 5.10 Å². The minimum atomic E-state index is -0.625. The molecule has 0 saturated carbocycles. The maximum Gasteiger partial charge on any atom is 0.331 e. The van der Waals surface area contributed by atoms with Crippen molar-refractivity contribution in [3.63, 3.8) is 0 Å². The molecule has 0 aliphatic carbocycles. The van der Waals surface area contributed by atoms with Gasteiger partial charge in [0.1, 0.15) is 18.2 Å². The van der Waals surface area contributed by atoms with Crippen molar-refractivity contribution in [3.05, 3.63) is 76.5 Å². The highest BCUT2D eigenvalue weighted by molar-refractivity contribution is 8.18. The van der Waals surface area contributed by atoms with Crippen molar-refractivity contribution < 1.29 is 23.5 Å². The molecule has 1 fully saturated rings. The molecule has 9 heteroatoms. The molecule has 0 aromatic heterocycles. The summed E-state index contributed by atoms with van der Waals surface area (Å²) in [6.07, 6.45) is 2.61. The Kier molecular flexibility index (Phi) is 6.75. The van der Waals surface area contributed by atoms with Crippen LogP contribution in [-0.2, 0) is 20.9 Å². The predicted molar refractivity (Wildman–Crippen MR) is 108 cm³/mol. The Labute approximate surface area is 170 Å². The third kappa shape index (κ3) is 5.76. The molecular weight excluding hydrogens is 397 g/mol. The lowest BCUT2D eigenvalue weighted by Gasteiger charge is -2.08. The fourth-order valence-corrected chi connectivity index (χ4v) is 3.03. The van der Waals surface area contributed by atoms with Gasteiger partial charge < -0.3 is 9.47 Å². The van der Waals surface area contributed by atoms with Crippen LogP contribution in [0.15, 0.2) is 69.7 Å². The van der Waals surface area contributed by atoms with Crippen LogP contribution in [0, 0.1) is 5.82 Å². The van der Waals surface area contributed by atoms with Crippen molar-refractivity contribution in [1.29, 1.82) is 0 Å². The SMILES string of the molecule is COC(=O)/C=C1/S/C(=N\N=Cc2ccccc2COc2cccc(F)c2)NC1=O. The Morgan fingerprint density at radius 2 is 2.07 bits per heavy atom. The van der Waals surface area contributed by atoms with Crippen LogP contribution in [0.25, 0.3) is 0 Å². The molecule has 0 unspecified atom stereocenters. The first-order chi connectivity index (χ1) is 14.0. The standard InChI is InChI=1S/C20H16FN3O4S/c1-27-18(25)10-17-19(26)23-20(29-17)24-22-11-13-5-2-3-6-14(13)12-28-16-8-4-7-15(21)9-16/h2-11H,12H2,1H3,(H,23,24,26)/b17-10+,22-11?. The monoisotopic (exact) mass is 413 g/mol. The van der Waals surface area contributed by atoms with E-state index in [4.69, 9.17) is 4.74 Å². The number of thioether (sulfide) groups is 1. The molecule has 1 heterocycles. The van der Waals surface area contributed by atoms with Gasteiger partial charge in [0.2, 0.25) is 0 Å². The zero-order chi connectivity index (χ0) is 20.6. The van der Waals surface area contributed by atoms with Gasteiger partial charge in [-0.05, 0) is 29.5 Å². The Bertz CT molecular complexity index is 1020. The number of rotatable bonds is 6. The van der Waals surface area contributed by atoms with Crippen molar-refractivity contribution in [3.8, 4) is 5.75 Å². The molecule has 3 rings (SSSR count). The van der Waals surface area contributed by atoms with Crippen LogP contribution >= 0.6 is 11.8 Å². The van der Waals surface area contributed by atoms with Gasteiger partial charge in [-0.25, -0.2) is 9.18 Å². The molecule has 1 aliphatic heterocycles. The summed E-state index contributed by atoms with van der Waals surface area (Å²) in [6, 6.07) is 13.3. The van der Waals surface area contributed by atoms with E-state index >= 15 is 0 Å². The minimum Gasteiger partial charge on any atom is -0.489 e. The van der Waals surface area contributed by atoms with Gasteiger partial charge in [-0.1, -0.05) is 30.3 Å². The van der Waals surface area contributed by atoms with Crippen molar-refractivity contribution in [2.24, 2.45) is 10.2 Å². The largest absolute Gasteiger partial charge is 0.489 e. The van der Waals surface area contributed by atoms with E-state index in [1.54, 1.807) is 12.1 Å². The second-order valence-corrected chi connectivity index (χ2v) is 6.71. The zero-order valence-corrected chi connectivity index (χ0v) is 16.1. The zero-order valence-electron chi connectivity index (χ0n) is 15.3. The fraction of sp³-hybridized carbons (Fsp3) is 0.100. The molecule has 1 amide bonds. The van der Waals surface area contributed by atoms with Crippen molar-refractivity contribution in [2.45, 2.75) is 6.61 Å². The fourth-order valence-electron chi connectivity index (χ4n) is 2.29. The number of ether oxygens (including phenoxy) is 2. The third-order valence-corrected chi connectivity index (χ3v) is 4.59. The number of carbonyl (C=O) groups is 2. The Morgan fingerprint density at radius 1 is 1.24 bits per heavy atom. The van der Waals surface area contributed by atoms with E-state index < -0.39 is 11.9 Å². The van der Waals surface area contributed by atoms with E-state index in [-0.39, 0.29) is 22.5 Å². The Hall–Kier alpha value is -3.46. The van der Waals surface area contributed by atoms with Crippen LogP contribution in [0.5, 0.6) is 5.75 Å². The summed E-state index contributed by atoms with van der Waals surface area (Å²) in [7, 11) is 1.23. The van der Waals surface area contributed by atoms with Crippen LogP contribution in [0.3, 0.4) is 0 Å². The molecule has 1 N–H and O–H groups in total. The normalized spacial score (nSPS) is 16.4. The summed E-state index contributed by atoms with van der Waals surface area (Å²) in [4.78, 5) is 23.2. The minimum absolute atomic E-state index is 0.176. The van der Waals surface area contributed by atoms with Crippen LogP contribution in [0.2, 0.25) is 0 Å². The molecule has 1 aliphatic rings. The lowest BCUT2D eigenvalue weighted by Crippen LogP contribution is -2.19. The molecule has 0 atom stereocenters. The summed E-state index contributed by atoms with van der Waals surface area (Å²) >= 11 is 0.986. The van der Waals surface area contributed by atoms with Gasteiger partial charge in [0.05, 0.1) is 18.2 Å². The first-order valence-corrected chi connectivity index (χ1v) is 9.23. The maximum atomic E-state index is 13.3. The number of methoxy groups -OCH3 is 1. The van der Waals surface area contributed by atoms with Crippen molar-refractivity contribution >= 4 is 35.0 Å². The predicted octanol–water partition coefficient (Wildman–Crippen LogP) is 3.01. The summed E-state index contributed by atoms with van der Waals surface area (Å²) in [6.45, 7) is 0.222. The van der Waals surface area contributed by atoms with E-state index in [9.17, 15) is 14.0 Å². The molecule has 2 aromatic carbocycles. The highest BCUT2D eigenvalue weighted by Gasteiger charge is 2.25. The molecule has 0 radical (unpaired) electrons. The van der Waals surface area contributed by atoms with Crippen LogP contribution in [0.4, 0.5) is 4.39 Å². The number of amides is 1. The number of carbonyl (C=O) groups excluding carboxylic acids is 2. The molecule has 2 aromatic rings. The average Bonchev–Trinajstić information content (AvgIpc) is 3.06. The number of hydrogen-bond acceptors (Lipinski definition) is 7. The summed E-state index contributed by atoms with van der Waals surface area (Å²) in [5.74, 6) is -1.02. The molecule has 7 nitrogen and oxygen atoms in total. The topological polar surface area (TPSA) is 89.3 Å². The van der Waals surface area contributed by atoms with E-state index in [2.05, 4.69) is 20.3 Å². The lowest BCUT2D eigenvalue weighted by atomic mass is 10.1. The van der Waals surface area contributed by atoms with Crippen LogP contribution in [-0.4, -0.2) is 30.4 Å². The van der Waals surface area contributed by atoms with E-state index in [1.165, 1.54) is 25.5 Å². The second-order valence-electron chi connectivity index (χ2n) is 5.68. The first-order valence-electron chi connectivity index (χ1n) is 8.41. The third-order valence-electron chi connectivity index (χ3n) is 3.69. The first kappa shape index (κ1) is 20.3. The number of amidine groups is 1. The van der Waals surface area contributed by atoms with Gasteiger partial charge in [0, 0.05) is 17.7 Å². The number of benzene rings is 2. The number of esters is 1. The molecule has 29 heavy (non-hydrogen) atoms. The van der Waals surface area contributed by atoms with Gasteiger partial charge in [0.15, 0.2) is 5.17 Å². The highest BCUT2D eigenvalue weighted by Crippen LogP contribution is 2.23. The lowest BCUT2D eigenvalue weighted by molar-refractivity contribution is -0.135. The number of nitrogens with one attached hydrogen (secondary N) is 1. The Morgan fingerprint density at radius 3 is 2.86 bits per heavy atom. The summed E-state index contributed by atoms with van der Waals surface area (Å²) in [5.41, 5.74) is 1.59. The van der Waals surface area contributed by atoms with Gasteiger partial charge >= 0.3 is 5.97 Å². The molecule has 0 bridgehead atoms. The van der Waals surface area contributed by atoms with E-state index in [0.29, 0.717) is 5.75 Å². The average molecular weight is 413 g/mol.